The highest BCUT2D eigenvalue weighted by Gasteiger charge is 2.36. The Labute approximate surface area is 170 Å². The fourth-order valence-corrected chi connectivity index (χ4v) is 3.66. The third-order valence-electron chi connectivity index (χ3n) is 5.54. The summed E-state index contributed by atoms with van der Waals surface area (Å²) < 4.78 is 10.3. The standard InChI is InChI=1S/C21H28N4O4/c1-5-13(2)17(20(26)29-4)24-21(27)25-10-9-16-18(23-12-22-16)19(25)14-7-6-8-15(11-14)28-3/h6-8,11-13,17,19H,5,9-10H2,1-4H3,(H,22,23)(H,24,27)/t13-,17+,19-/m1/s1. The summed E-state index contributed by atoms with van der Waals surface area (Å²) in [6.07, 6.45) is 3.05. The molecule has 2 N–H and O–H groups in total. The molecule has 3 atom stereocenters. The Morgan fingerprint density at radius 1 is 1.38 bits per heavy atom. The Balaban J connectivity index is 1.93. The Morgan fingerprint density at radius 3 is 2.86 bits per heavy atom. The lowest BCUT2D eigenvalue weighted by Crippen LogP contribution is -2.53. The minimum atomic E-state index is -0.705. The molecule has 29 heavy (non-hydrogen) atoms. The van der Waals surface area contributed by atoms with Crippen LogP contribution in [0, 0.1) is 5.92 Å². The van der Waals surface area contributed by atoms with Gasteiger partial charge in [0.25, 0.3) is 0 Å². The average Bonchev–Trinajstić information content (AvgIpc) is 3.24. The first-order valence-electron chi connectivity index (χ1n) is 9.81. The normalized spacial score (nSPS) is 17.8. The van der Waals surface area contributed by atoms with Crippen molar-refractivity contribution in [2.45, 2.75) is 38.8 Å². The van der Waals surface area contributed by atoms with Crippen LogP contribution >= 0.6 is 0 Å². The number of carbonyl (C=O) groups excluding carboxylic acids is 2. The van der Waals surface area contributed by atoms with Crippen molar-refractivity contribution < 1.29 is 19.1 Å². The minimum Gasteiger partial charge on any atom is -0.497 e. The first-order valence-corrected chi connectivity index (χ1v) is 9.81. The summed E-state index contributed by atoms with van der Waals surface area (Å²) >= 11 is 0. The Morgan fingerprint density at radius 2 is 2.17 bits per heavy atom. The molecule has 1 aliphatic rings. The number of amides is 2. The molecule has 156 valence electrons. The molecule has 0 saturated heterocycles. The van der Waals surface area contributed by atoms with E-state index < -0.39 is 12.0 Å². The van der Waals surface area contributed by atoms with Crippen molar-refractivity contribution in [1.29, 1.82) is 0 Å². The number of benzene rings is 1. The van der Waals surface area contributed by atoms with Crippen LogP contribution < -0.4 is 10.1 Å². The second kappa shape index (κ2) is 8.98. The maximum atomic E-state index is 13.3. The molecule has 0 aliphatic carbocycles. The second-order valence-corrected chi connectivity index (χ2v) is 7.22. The summed E-state index contributed by atoms with van der Waals surface area (Å²) in [4.78, 5) is 34.8. The molecule has 0 spiro atoms. The smallest absolute Gasteiger partial charge is 0.328 e. The number of hydrogen-bond donors (Lipinski definition) is 2. The summed E-state index contributed by atoms with van der Waals surface area (Å²) in [5.74, 6) is 0.216. The molecule has 1 aromatic heterocycles. The van der Waals surface area contributed by atoms with Crippen LogP contribution in [0.1, 0.15) is 43.3 Å². The third-order valence-corrected chi connectivity index (χ3v) is 5.54. The molecular formula is C21H28N4O4. The van der Waals surface area contributed by atoms with E-state index >= 15 is 0 Å². The van der Waals surface area contributed by atoms with E-state index in [0.29, 0.717) is 18.7 Å². The average molecular weight is 400 g/mol. The molecule has 2 amide bonds. The van der Waals surface area contributed by atoms with Gasteiger partial charge in [-0.05, 0) is 23.6 Å². The number of imidazole rings is 1. The zero-order valence-electron chi connectivity index (χ0n) is 17.3. The van der Waals surface area contributed by atoms with Crippen LogP contribution in [0.2, 0.25) is 0 Å². The van der Waals surface area contributed by atoms with Crippen molar-refractivity contribution in [1.82, 2.24) is 20.2 Å². The van der Waals surface area contributed by atoms with E-state index in [1.807, 2.05) is 38.1 Å². The lowest BCUT2D eigenvalue weighted by Gasteiger charge is -2.36. The third kappa shape index (κ3) is 4.21. The highest BCUT2D eigenvalue weighted by Crippen LogP contribution is 2.34. The molecule has 0 fully saturated rings. The molecule has 2 aromatic rings. The van der Waals surface area contributed by atoms with Gasteiger partial charge in [0.05, 0.1) is 26.2 Å². The molecule has 2 heterocycles. The topological polar surface area (TPSA) is 96.5 Å². The Bertz CT molecular complexity index is 866. The number of aromatic amines is 1. The van der Waals surface area contributed by atoms with Crippen molar-refractivity contribution in [2.75, 3.05) is 20.8 Å². The number of ether oxygens (including phenoxy) is 2. The van der Waals surface area contributed by atoms with Gasteiger partial charge in [-0.1, -0.05) is 32.4 Å². The zero-order chi connectivity index (χ0) is 21.0. The van der Waals surface area contributed by atoms with Crippen molar-refractivity contribution in [2.24, 2.45) is 5.92 Å². The fourth-order valence-electron chi connectivity index (χ4n) is 3.66. The van der Waals surface area contributed by atoms with Crippen LogP contribution in [0.15, 0.2) is 30.6 Å². The van der Waals surface area contributed by atoms with Crippen molar-refractivity contribution in [3.63, 3.8) is 0 Å². The van der Waals surface area contributed by atoms with E-state index in [-0.39, 0.29) is 18.0 Å². The number of fused-ring (bicyclic) bond motifs is 1. The fraction of sp³-hybridized carbons (Fsp3) is 0.476. The minimum absolute atomic E-state index is 0.0487. The van der Waals surface area contributed by atoms with E-state index in [4.69, 9.17) is 9.47 Å². The highest BCUT2D eigenvalue weighted by atomic mass is 16.5. The molecule has 1 aromatic carbocycles. The van der Waals surface area contributed by atoms with Gasteiger partial charge in [-0.15, -0.1) is 0 Å². The molecular weight excluding hydrogens is 372 g/mol. The van der Waals surface area contributed by atoms with Gasteiger partial charge in [0.15, 0.2) is 0 Å². The van der Waals surface area contributed by atoms with E-state index in [9.17, 15) is 9.59 Å². The molecule has 1 aliphatic heterocycles. The van der Waals surface area contributed by atoms with Crippen molar-refractivity contribution in [3.8, 4) is 5.75 Å². The van der Waals surface area contributed by atoms with Gasteiger partial charge in [-0.3, -0.25) is 0 Å². The molecule has 3 rings (SSSR count). The summed E-state index contributed by atoms with van der Waals surface area (Å²) in [6, 6.07) is 6.20. The summed E-state index contributed by atoms with van der Waals surface area (Å²) in [7, 11) is 2.94. The summed E-state index contributed by atoms with van der Waals surface area (Å²) in [5.41, 5.74) is 2.71. The second-order valence-electron chi connectivity index (χ2n) is 7.22. The summed E-state index contributed by atoms with van der Waals surface area (Å²) in [5, 5.41) is 2.88. The van der Waals surface area contributed by atoms with E-state index in [2.05, 4.69) is 15.3 Å². The number of hydrogen-bond acceptors (Lipinski definition) is 5. The molecule has 0 bridgehead atoms. The molecule has 8 heteroatoms. The number of aromatic nitrogens is 2. The number of H-pyrrole nitrogens is 1. The number of urea groups is 1. The van der Waals surface area contributed by atoms with Crippen molar-refractivity contribution >= 4 is 12.0 Å². The van der Waals surface area contributed by atoms with Gasteiger partial charge in [-0.2, -0.15) is 0 Å². The lowest BCUT2D eigenvalue weighted by atomic mass is 9.95. The molecule has 8 nitrogen and oxygen atoms in total. The zero-order valence-corrected chi connectivity index (χ0v) is 17.3. The summed E-state index contributed by atoms with van der Waals surface area (Å²) in [6.45, 7) is 4.39. The SMILES string of the molecule is CC[C@@H](C)[C@H](NC(=O)N1CCc2[nH]cnc2[C@H]1c1cccc(OC)c1)C(=O)OC. The van der Waals surface area contributed by atoms with Crippen LogP contribution in [0.4, 0.5) is 4.79 Å². The van der Waals surface area contributed by atoms with Crippen LogP contribution in [0.5, 0.6) is 5.75 Å². The lowest BCUT2D eigenvalue weighted by molar-refractivity contribution is -0.144. The number of rotatable bonds is 6. The number of carbonyl (C=O) groups is 2. The number of esters is 1. The number of nitrogens with one attached hydrogen (secondary N) is 2. The van der Waals surface area contributed by atoms with Crippen LogP contribution in [-0.4, -0.2) is 53.7 Å². The predicted molar refractivity (Wildman–Crippen MR) is 108 cm³/mol. The van der Waals surface area contributed by atoms with Crippen LogP contribution in [0.3, 0.4) is 0 Å². The van der Waals surface area contributed by atoms with E-state index in [1.165, 1.54) is 7.11 Å². The van der Waals surface area contributed by atoms with E-state index in [1.54, 1.807) is 18.3 Å². The van der Waals surface area contributed by atoms with Crippen LogP contribution in [0.25, 0.3) is 0 Å². The van der Waals surface area contributed by atoms with Crippen LogP contribution in [-0.2, 0) is 16.0 Å². The van der Waals surface area contributed by atoms with E-state index in [0.717, 1.165) is 23.4 Å². The number of methoxy groups -OCH3 is 2. The van der Waals surface area contributed by atoms with Gasteiger partial charge in [0.2, 0.25) is 0 Å². The number of nitrogens with zero attached hydrogens (tertiary/aromatic N) is 2. The molecule has 0 unspecified atom stereocenters. The first kappa shape index (κ1) is 20.7. The van der Waals surface area contributed by atoms with Crippen molar-refractivity contribution in [3.05, 3.63) is 47.5 Å². The first-order chi connectivity index (χ1) is 14.0. The largest absolute Gasteiger partial charge is 0.497 e. The maximum absolute atomic E-state index is 13.3. The maximum Gasteiger partial charge on any atom is 0.328 e. The van der Waals surface area contributed by atoms with Gasteiger partial charge in [-0.25, -0.2) is 14.6 Å². The van der Waals surface area contributed by atoms with Gasteiger partial charge in [0, 0.05) is 18.7 Å². The predicted octanol–water partition coefficient (Wildman–Crippen LogP) is 2.66. The molecule has 0 saturated carbocycles. The quantitative estimate of drug-likeness (QED) is 0.727. The highest BCUT2D eigenvalue weighted by molar-refractivity contribution is 5.84. The van der Waals surface area contributed by atoms with Gasteiger partial charge in [0.1, 0.15) is 17.8 Å². The van der Waals surface area contributed by atoms with Gasteiger partial charge >= 0.3 is 12.0 Å². The monoisotopic (exact) mass is 400 g/mol. The Kier molecular flexibility index (Phi) is 6.41. The Hall–Kier alpha value is -3.03. The van der Waals surface area contributed by atoms with Gasteiger partial charge < -0.3 is 24.7 Å². The molecule has 0 radical (unpaired) electrons.